The number of alkyl halides is 3. The molecule has 32 heavy (non-hydrogen) atoms. The largest absolute Gasteiger partial charge is 0.416 e. The SMILES string of the molecule is Cc1cccc(N2CCN(C(=O)[C@@H](Nc3ccc(C(F)(F)F)cc3Cl)C(C)C)CC2)c1C. The molecule has 0 bridgehead atoms. The van der Waals surface area contributed by atoms with Gasteiger partial charge in [-0.2, -0.15) is 13.2 Å². The van der Waals surface area contributed by atoms with Crippen molar-refractivity contribution in [2.45, 2.75) is 39.9 Å². The number of carbonyl (C=O) groups is 1. The standard InChI is InChI=1S/C24H29ClF3N3O/c1-15(2)22(29-20-9-8-18(14-19(20)25)24(26,27)28)23(32)31-12-10-30(11-13-31)21-7-5-6-16(3)17(21)4/h5-9,14-15,22,29H,10-13H2,1-4H3/t22-/m0/s1. The van der Waals surface area contributed by atoms with Crippen LogP contribution in [0.5, 0.6) is 0 Å². The van der Waals surface area contributed by atoms with Crippen LogP contribution in [-0.4, -0.2) is 43.0 Å². The minimum Gasteiger partial charge on any atom is -0.372 e. The summed E-state index contributed by atoms with van der Waals surface area (Å²) in [5.41, 5.74) is 3.17. The summed E-state index contributed by atoms with van der Waals surface area (Å²) in [4.78, 5) is 17.4. The molecule has 3 rings (SSSR count). The quantitative estimate of drug-likeness (QED) is 0.607. The molecular weight excluding hydrogens is 439 g/mol. The van der Waals surface area contributed by atoms with Crippen LogP contribution in [0.4, 0.5) is 24.5 Å². The maximum absolute atomic E-state index is 13.3. The lowest BCUT2D eigenvalue weighted by molar-refractivity contribution is -0.137. The highest BCUT2D eigenvalue weighted by molar-refractivity contribution is 6.33. The van der Waals surface area contributed by atoms with Crippen LogP contribution in [0.25, 0.3) is 0 Å². The van der Waals surface area contributed by atoms with E-state index in [4.69, 9.17) is 11.6 Å². The van der Waals surface area contributed by atoms with Crippen molar-refractivity contribution in [3.63, 3.8) is 0 Å². The molecule has 0 unspecified atom stereocenters. The van der Waals surface area contributed by atoms with Crippen molar-refractivity contribution in [3.05, 3.63) is 58.1 Å². The predicted octanol–water partition coefficient (Wildman–Crippen LogP) is 5.76. The average molecular weight is 468 g/mol. The molecule has 0 aromatic heterocycles. The van der Waals surface area contributed by atoms with Gasteiger partial charge in [0.1, 0.15) is 6.04 Å². The van der Waals surface area contributed by atoms with Crippen molar-refractivity contribution in [2.75, 3.05) is 36.4 Å². The van der Waals surface area contributed by atoms with E-state index in [1.165, 1.54) is 22.9 Å². The number of hydrogen-bond donors (Lipinski definition) is 1. The molecule has 8 heteroatoms. The van der Waals surface area contributed by atoms with Crippen LogP contribution in [-0.2, 0) is 11.0 Å². The number of aryl methyl sites for hydroxylation is 1. The van der Waals surface area contributed by atoms with Crippen LogP contribution in [0, 0.1) is 19.8 Å². The molecule has 1 saturated heterocycles. The first-order valence-corrected chi connectivity index (χ1v) is 11.1. The second kappa shape index (κ2) is 9.61. The van der Waals surface area contributed by atoms with Gasteiger partial charge in [0.2, 0.25) is 5.91 Å². The van der Waals surface area contributed by atoms with E-state index in [0.717, 1.165) is 25.2 Å². The summed E-state index contributed by atoms with van der Waals surface area (Å²) in [5, 5.41) is 3.02. The van der Waals surface area contributed by atoms with Crippen molar-refractivity contribution >= 4 is 28.9 Å². The van der Waals surface area contributed by atoms with Crippen LogP contribution >= 0.6 is 11.6 Å². The Bertz CT molecular complexity index is 969. The Hall–Kier alpha value is -2.41. The average Bonchev–Trinajstić information content (AvgIpc) is 2.73. The second-order valence-electron chi connectivity index (χ2n) is 8.59. The van der Waals surface area contributed by atoms with E-state index in [0.29, 0.717) is 18.8 Å². The van der Waals surface area contributed by atoms with Gasteiger partial charge in [-0.15, -0.1) is 0 Å². The van der Waals surface area contributed by atoms with E-state index >= 15 is 0 Å². The van der Waals surface area contributed by atoms with Crippen molar-refractivity contribution in [2.24, 2.45) is 5.92 Å². The van der Waals surface area contributed by atoms with E-state index in [-0.39, 0.29) is 16.8 Å². The fourth-order valence-corrected chi connectivity index (χ4v) is 4.17. The van der Waals surface area contributed by atoms with Crippen molar-refractivity contribution < 1.29 is 18.0 Å². The molecule has 1 N–H and O–H groups in total. The Kier molecular flexibility index (Phi) is 7.28. The molecule has 1 fully saturated rings. The van der Waals surface area contributed by atoms with E-state index in [1.807, 2.05) is 24.8 Å². The smallest absolute Gasteiger partial charge is 0.372 e. The molecule has 0 spiro atoms. The zero-order valence-corrected chi connectivity index (χ0v) is 19.5. The Labute approximate surface area is 192 Å². The fourth-order valence-electron chi connectivity index (χ4n) is 3.93. The molecule has 4 nitrogen and oxygen atoms in total. The third kappa shape index (κ3) is 5.31. The van der Waals surface area contributed by atoms with Gasteiger partial charge in [0.15, 0.2) is 0 Å². The van der Waals surface area contributed by atoms with E-state index in [1.54, 1.807) is 0 Å². The number of hydrogen-bond acceptors (Lipinski definition) is 3. The molecule has 2 aromatic carbocycles. The summed E-state index contributed by atoms with van der Waals surface area (Å²) in [6.07, 6.45) is -4.47. The third-order valence-corrected chi connectivity index (χ3v) is 6.36. The Morgan fingerprint density at radius 2 is 1.72 bits per heavy atom. The van der Waals surface area contributed by atoms with Gasteiger partial charge in [-0.3, -0.25) is 4.79 Å². The highest BCUT2D eigenvalue weighted by Crippen LogP contribution is 2.34. The van der Waals surface area contributed by atoms with Gasteiger partial charge in [-0.05, 0) is 55.2 Å². The molecule has 1 aliphatic rings. The van der Waals surface area contributed by atoms with Gasteiger partial charge in [0.05, 0.1) is 16.3 Å². The van der Waals surface area contributed by atoms with Gasteiger partial charge in [0, 0.05) is 31.9 Å². The molecule has 1 amide bonds. The van der Waals surface area contributed by atoms with E-state index in [2.05, 4.69) is 36.2 Å². The lowest BCUT2D eigenvalue weighted by atomic mass is 10.0. The number of carbonyl (C=O) groups excluding carboxylic acids is 1. The lowest BCUT2D eigenvalue weighted by Gasteiger charge is -2.39. The number of rotatable bonds is 5. The number of nitrogens with one attached hydrogen (secondary N) is 1. The summed E-state index contributed by atoms with van der Waals surface area (Å²) >= 11 is 6.10. The summed E-state index contributed by atoms with van der Waals surface area (Å²) in [7, 11) is 0. The molecule has 2 aromatic rings. The van der Waals surface area contributed by atoms with Crippen LogP contribution in [0.2, 0.25) is 5.02 Å². The van der Waals surface area contributed by atoms with Crippen molar-refractivity contribution in [3.8, 4) is 0 Å². The summed E-state index contributed by atoms with van der Waals surface area (Å²) in [6, 6.07) is 8.78. The van der Waals surface area contributed by atoms with Gasteiger partial charge < -0.3 is 15.1 Å². The fraction of sp³-hybridized carbons (Fsp3) is 0.458. The molecule has 0 aliphatic carbocycles. The minimum absolute atomic E-state index is 0.0574. The number of benzene rings is 2. The monoisotopic (exact) mass is 467 g/mol. The van der Waals surface area contributed by atoms with Gasteiger partial charge >= 0.3 is 6.18 Å². The number of amides is 1. The number of halogens is 4. The second-order valence-corrected chi connectivity index (χ2v) is 9.00. The van der Waals surface area contributed by atoms with Crippen LogP contribution in [0.3, 0.4) is 0 Å². The van der Waals surface area contributed by atoms with Gasteiger partial charge in [-0.1, -0.05) is 37.6 Å². The predicted molar refractivity (Wildman–Crippen MR) is 123 cm³/mol. The Morgan fingerprint density at radius 3 is 2.28 bits per heavy atom. The Morgan fingerprint density at radius 1 is 1.06 bits per heavy atom. The zero-order chi connectivity index (χ0) is 23.6. The van der Waals surface area contributed by atoms with E-state index < -0.39 is 17.8 Å². The maximum Gasteiger partial charge on any atom is 0.416 e. The molecular formula is C24H29ClF3N3O. The number of nitrogens with zero attached hydrogens (tertiary/aromatic N) is 2. The highest BCUT2D eigenvalue weighted by Gasteiger charge is 2.33. The molecule has 0 radical (unpaired) electrons. The molecule has 1 aliphatic heterocycles. The van der Waals surface area contributed by atoms with Gasteiger partial charge in [-0.25, -0.2) is 0 Å². The number of anilines is 2. The first kappa shape index (κ1) is 24.2. The van der Waals surface area contributed by atoms with Crippen LogP contribution in [0.15, 0.2) is 36.4 Å². The van der Waals surface area contributed by atoms with Gasteiger partial charge in [0.25, 0.3) is 0 Å². The summed E-state index contributed by atoms with van der Waals surface area (Å²) < 4.78 is 38.8. The lowest BCUT2D eigenvalue weighted by Crippen LogP contribution is -2.54. The van der Waals surface area contributed by atoms with Crippen molar-refractivity contribution in [1.82, 2.24) is 4.90 Å². The van der Waals surface area contributed by atoms with Crippen molar-refractivity contribution in [1.29, 1.82) is 0 Å². The summed E-state index contributed by atoms with van der Waals surface area (Å²) in [6.45, 7) is 10.6. The first-order chi connectivity index (χ1) is 15.0. The van der Waals surface area contributed by atoms with E-state index in [9.17, 15) is 18.0 Å². The Balaban J connectivity index is 1.69. The third-order valence-electron chi connectivity index (χ3n) is 6.05. The maximum atomic E-state index is 13.3. The zero-order valence-electron chi connectivity index (χ0n) is 18.8. The topological polar surface area (TPSA) is 35.6 Å². The minimum atomic E-state index is -4.47. The van der Waals surface area contributed by atoms with Crippen LogP contribution in [0.1, 0.15) is 30.5 Å². The molecule has 1 heterocycles. The van der Waals surface area contributed by atoms with Crippen LogP contribution < -0.4 is 10.2 Å². The first-order valence-electron chi connectivity index (χ1n) is 10.7. The number of piperazine rings is 1. The molecule has 174 valence electrons. The summed E-state index contributed by atoms with van der Waals surface area (Å²) in [5.74, 6) is -0.144. The molecule has 1 atom stereocenters. The normalized spacial score (nSPS) is 15.8. The highest BCUT2D eigenvalue weighted by atomic mass is 35.5. The molecule has 0 saturated carbocycles.